The minimum absolute atomic E-state index is 0.249. The third-order valence-electron chi connectivity index (χ3n) is 10.3. The smallest absolute Gasteiger partial charge is 0.169 e. The lowest BCUT2D eigenvalue weighted by atomic mass is 9.98. The molecule has 44 heavy (non-hydrogen) atoms. The van der Waals surface area contributed by atoms with Crippen LogP contribution in [-0.2, 0) is 9.47 Å². The summed E-state index contributed by atoms with van der Waals surface area (Å²) in [4.78, 5) is 0. The summed E-state index contributed by atoms with van der Waals surface area (Å²) < 4.78 is 13.4. The van der Waals surface area contributed by atoms with Crippen LogP contribution in [0.1, 0.15) is 226 Å². The minimum atomic E-state index is -0.249. The van der Waals surface area contributed by atoms with Gasteiger partial charge >= 0.3 is 0 Å². The molecule has 0 spiro atoms. The van der Waals surface area contributed by atoms with E-state index in [0.717, 1.165) is 19.3 Å². The molecule has 2 heteroatoms. The fourth-order valence-corrected chi connectivity index (χ4v) is 7.43. The lowest BCUT2D eigenvalue weighted by Crippen LogP contribution is -2.31. The molecule has 0 N–H and O–H groups in total. The van der Waals surface area contributed by atoms with Gasteiger partial charge in [0, 0.05) is 12.8 Å². The number of ether oxygens (including phenoxy) is 2. The van der Waals surface area contributed by atoms with Gasteiger partial charge in [-0.15, -0.1) is 0 Å². The molecule has 2 atom stereocenters. The predicted octanol–water partition coefficient (Wildman–Crippen LogP) is 14.5. The number of allylic oxidation sites excluding steroid dienone is 4. The Kier molecular flexibility index (Phi) is 25.7. The Morgan fingerprint density at radius 1 is 0.432 bits per heavy atom. The Labute approximate surface area is 277 Å². The van der Waals surface area contributed by atoms with Crippen LogP contribution in [0.15, 0.2) is 24.3 Å². The molecule has 0 aromatic heterocycles. The number of fused-ring (bicyclic) bond motifs is 1. The zero-order valence-electron chi connectivity index (χ0n) is 30.1. The van der Waals surface area contributed by atoms with Crippen LogP contribution >= 0.6 is 0 Å². The molecule has 1 aliphatic carbocycles. The summed E-state index contributed by atoms with van der Waals surface area (Å²) in [6.07, 6.45) is 54.7. The summed E-state index contributed by atoms with van der Waals surface area (Å²) in [5.74, 6) is -0.249. The molecule has 2 aliphatic rings. The molecule has 0 amide bonds. The average Bonchev–Trinajstić information content (AvgIpc) is 3.60. The van der Waals surface area contributed by atoms with Crippen LogP contribution in [0, 0.1) is 0 Å². The van der Waals surface area contributed by atoms with Crippen molar-refractivity contribution < 1.29 is 9.47 Å². The summed E-state index contributed by atoms with van der Waals surface area (Å²) >= 11 is 0. The van der Waals surface area contributed by atoms with E-state index in [1.54, 1.807) is 0 Å². The number of hydrogen-bond acceptors (Lipinski definition) is 2. The van der Waals surface area contributed by atoms with Gasteiger partial charge in [-0.1, -0.05) is 173 Å². The first kappa shape index (κ1) is 39.6. The standard InChI is InChI=1S/C42H78O2/c1-3-5-7-9-11-13-15-17-19-21-23-25-27-29-31-33-38-42(43-40-36-35-37-41(40)44-42)39-34-32-30-28-26-24-22-20-18-16-14-12-10-8-6-4-2/h11,13,17,19,40-41H,3-10,12,14-16,18,20-39H2,1-2H3/b13-11-,19-17-/t40-,41-/m0/s1. The van der Waals surface area contributed by atoms with Crippen LogP contribution in [0.3, 0.4) is 0 Å². The maximum Gasteiger partial charge on any atom is 0.169 e. The van der Waals surface area contributed by atoms with E-state index in [-0.39, 0.29) is 5.79 Å². The van der Waals surface area contributed by atoms with Gasteiger partial charge in [-0.05, 0) is 64.2 Å². The van der Waals surface area contributed by atoms with Crippen LogP contribution in [0.25, 0.3) is 0 Å². The van der Waals surface area contributed by atoms with Crippen molar-refractivity contribution in [2.24, 2.45) is 0 Å². The molecule has 0 unspecified atom stereocenters. The van der Waals surface area contributed by atoms with E-state index in [9.17, 15) is 0 Å². The summed E-state index contributed by atoms with van der Waals surface area (Å²) in [6.45, 7) is 4.58. The minimum Gasteiger partial charge on any atom is -0.344 e. The van der Waals surface area contributed by atoms with Crippen molar-refractivity contribution in [2.45, 2.75) is 244 Å². The van der Waals surface area contributed by atoms with E-state index in [1.807, 2.05) is 0 Å². The van der Waals surface area contributed by atoms with Crippen molar-refractivity contribution >= 4 is 0 Å². The van der Waals surface area contributed by atoms with Crippen molar-refractivity contribution in [3.05, 3.63) is 24.3 Å². The Hall–Kier alpha value is -0.600. The highest BCUT2D eigenvalue weighted by atomic mass is 16.8. The van der Waals surface area contributed by atoms with Crippen LogP contribution < -0.4 is 0 Å². The molecule has 0 aromatic carbocycles. The highest BCUT2D eigenvalue weighted by Gasteiger charge is 2.48. The summed E-state index contributed by atoms with van der Waals surface area (Å²) in [5.41, 5.74) is 0. The molecule has 258 valence electrons. The second kappa shape index (κ2) is 28.6. The van der Waals surface area contributed by atoms with Gasteiger partial charge in [-0.2, -0.15) is 0 Å². The topological polar surface area (TPSA) is 18.5 Å². The lowest BCUT2D eigenvalue weighted by molar-refractivity contribution is -0.190. The normalized spacial score (nSPS) is 19.6. The molecular formula is C42H78O2. The maximum atomic E-state index is 6.69. The molecule has 2 fully saturated rings. The molecule has 1 saturated carbocycles. The van der Waals surface area contributed by atoms with Crippen LogP contribution in [0.2, 0.25) is 0 Å². The maximum absolute atomic E-state index is 6.69. The van der Waals surface area contributed by atoms with Crippen LogP contribution in [0.5, 0.6) is 0 Å². The Morgan fingerprint density at radius 2 is 0.773 bits per heavy atom. The summed E-state index contributed by atoms with van der Waals surface area (Å²) in [5, 5.41) is 0. The zero-order valence-corrected chi connectivity index (χ0v) is 30.1. The second-order valence-electron chi connectivity index (χ2n) is 14.5. The van der Waals surface area contributed by atoms with Crippen molar-refractivity contribution in [3.63, 3.8) is 0 Å². The largest absolute Gasteiger partial charge is 0.344 e. The Morgan fingerprint density at radius 3 is 1.20 bits per heavy atom. The van der Waals surface area contributed by atoms with Gasteiger partial charge in [0.05, 0.1) is 12.2 Å². The third-order valence-corrected chi connectivity index (χ3v) is 10.3. The van der Waals surface area contributed by atoms with Gasteiger partial charge in [0.1, 0.15) is 0 Å². The van der Waals surface area contributed by atoms with Crippen LogP contribution in [0.4, 0.5) is 0 Å². The van der Waals surface area contributed by atoms with Crippen molar-refractivity contribution in [2.75, 3.05) is 0 Å². The molecule has 1 saturated heterocycles. The molecule has 0 radical (unpaired) electrons. The van der Waals surface area contributed by atoms with Gasteiger partial charge in [-0.25, -0.2) is 0 Å². The van der Waals surface area contributed by atoms with Crippen LogP contribution in [-0.4, -0.2) is 18.0 Å². The molecule has 0 aromatic rings. The molecule has 0 bridgehead atoms. The van der Waals surface area contributed by atoms with Gasteiger partial charge in [0.2, 0.25) is 0 Å². The zero-order chi connectivity index (χ0) is 31.2. The molecule has 1 aliphatic heterocycles. The molecule has 1 heterocycles. The molecule has 2 nitrogen and oxygen atoms in total. The van der Waals surface area contributed by atoms with Gasteiger partial charge in [0.25, 0.3) is 0 Å². The first-order valence-corrected chi connectivity index (χ1v) is 20.5. The third kappa shape index (κ3) is 20.5. The fourth-order valence-electron chi connectivity index (χ4n) is 7.43. The SMILES string of the molecule is CCCCC/C=C\C/C=C\CCCCCCCCC1(CCCCCCCCCCCCCCCCCC)O[C@H]2CCC[C@@H]2O1. The van der Waals surface area contributed by atoms with E-state index in [1.165, 1.54) is 193 Å². The lowest BCUT2D eigenvalue weighted by Gasteiger charge is -2.29. The van der Waals surface area contributed by atoms with Gasteiger partial charge < -0.3 is 9.47 Å². The monoisotopic (exact) mass is 615 g/mol. The van der Waals surface area contributed by atoms with E-state index in [2.05, 4.69) is 38.2 Å². The first-order chi connectivity index (χ1) is 21.8. The Balaban J connectivity index is 1.43. The second-order valence-corrected chi connectivity index (χ2v) is 14.5. The van der Waals surface area contributed by atoms with E-state index in [4.69, 9.17) is 9.47 Å². The predicted molar refractivity (Wildman–Crippen MR) is 194 cm³/mol. The average molecular weight is 615 g/mol. The number of rotatable bonds is 32. The summed E-state index contributed by atoms with van der Waals surface area (Å²) in [7, 11) is 0. The number of hydrogen-bond donors (Lipinski definition) is 0. The molecular weight excluding hydrogens is 536 g/mol. The van der Waals surface area contributed by atoms with E-state index >= 15 is 0 Å². The summed E-state index contributed by atoms with van der Waals surface area (Å²) in [6, 6.07) is 0. The highest BCUT2D eigenvalue weighted by Crippen LogP contribution is 2.43. The van der Waals surface area contributed by atoms with E-state index in [0.29, 0.717) is 12.2 Å². The van der Waals surface area contributed by atoms with Crippen molar-refractivity contribution in [1.82, 2.24) is 0 Å². The first-order valence-electron chi connectivity index (χ1n) is 20.5. The van der Waals surface area contributed by atoms with Crippen molar-refractivity contribution in [1.29, 1.82) is 0 Å². The Bertz CT molecular complexity index is 655. The fraction of sp³-hybridized carbons (Fsp3) is 0.905. The quantitative estimate of drug-likeness (QED) is 0.0554. The van der Waals surface area contributed by atoms with Gasteiger partial charge in [0.15, 0.2) is 5.79 Å². The molecule has 2 rings (SSSR count). The number of unbranched alkanes of at least 4 members (excludes halogenated alkanes) is 24. The van der Waals surface area contributed by atoms with E-state index < -0.39 is 0 Å². The highest BCUT2D eigenvalue weighted by molar-refractivity contribution is 4.93. The van der Waals surface area contributed by atoms with Gasteiger partial charge in [-0.3, -0.25) is 0 Å². The van der Waals surface area contributed by atoms with Crippen molar-refractivity contribution in [3.8, 4) is 0 Å².